The van der Waals surface area contributed by atoms with E-state index in [-0.39, 0.29) is 6.42 Å². The summed E-state index contributed by atoms with van der Waals surface area (Å²) < 4.78 is 0. The molecular weight excluding hydrogens is 192 g/mol. The molecule has 0 aliphatic rings. The third kappa shape index (κ3) is 1.74. The smallest absolute Gasteiger partial charge is 0.307 e. The Morgan fingerprint density at radius 1 is 1.40 bits per heavy atom. The first-order chi connectivity index (χ1) is 7.18. The third-order valence-electron chi connectivity index (χ3n) is 2.24. The van der Waals surface area contributed by atoms with Crippen molar-refractivity contribution in [2.75, 3.05) is 5.73 Å². The topological polar surface area (TPSA) is 76.2 Å². The van der Waals surface area contributed by atoms with Gasteiger partial charge in [0.25, 0.3) is 0 Å². The van der Waals surface area contributed by atoms with Crippen molar-refractivity contribution in [3.63, 3.8) is 0 Å². The highest BCUT2D eigenvalue weighted by molar-refractivity contribution is 5.92. The molecule has 0 atom stereocenters. The monoisotopic (exact) mass is 202 g/mol. The Hall–Kier alpha value is -2.10. The van der Waals surface area contributed by atoms with Gasteiger partial charge in [-0.1, -0.05) is 18.2 Å². The lowest BCUT2D eigenvalue weighted by atomic mass is 10.1. The van der Waals surface area contributed by atoms with E-state index < -0.39 is 5.97 Å². The standard InChI is InChI=1S/C11H10N2O2/c12-11-7(5-10(14)15)6-13-9-4-2-1-3-8(9)11/h1-4,6H,5H2,(H2,12,13)(H,14,15). The molecule has 0 fully saturated rings. The summed E-state index contributed by atoms with van der Waals surface area (Å²) in [6.45, 7) is 0. The number of nitrogens with two attached hydrogens (primary N) is 1. The molecule has 2 aromatic rings. The second kappa shape index (κ2) is 3.57. The Morgan fingerprint density at radius 3 is 2.87 bits per heavy atom. The predicted octanol–water partition coefficient (Wildman–Crippen LogP) is 1.44. The fraction of sp³-hybridized carbons (Fsp3) is 0.0909. The lowest BCUT2D eigenvalue weighted by molar-refractivity contribution is -0.136. The van der Waals surface area contributed by atoms with Crippen LogP contribution in [-0.4, -0.2) is 16.1 Å². The zero-order valence-electron chi connectivity index (χ0n) is 7.97. The number of hydrogen-bond donors (Lipinski definition) is 2. The summed E-state index contributed by atoms with van der Waals surface area (Å²) in [5.74, 6) is -0.904. The Bertz CT molecular complexity index is 523. The van der Waals surface area contributed by atoms with Gasteiger partial charge in [-0.2, -0.15) is 0 Å². The van der Waals surface area contributed by atoms with Crippen LogP contribution in [0.15, 0.2) is 30.5 Å². The van der Waals surface area contributed by atoms with Gasteiger partial charge in [-0.15, -0.1) is 0 Å². The van der Waals surface area contributed by atoms with Crippen LogP contribution in [0.4, 0.5) is 5.69 Å². The van der Waals surface area contributed by atoms with Crippen molar-refractivity contribution in [2.24, 2.45) is 0 Å². The summed E-state index contributed by atoms with van der Waals surface area (Å²) in [6, 6.07) is 7.40. The van der Waals surface area contributed by atoms with E-state index in [1.807, 2.05) is 24.3 Å². The molecule has 1 aromatic carbocycles. The molecule has 0 saturated heterocycles. The van der Waals surface area contributed by atoms with E-state index in [1.54, 1.807) is 0 Å². The number of aromatic nitrogens is 1. The van der Waals surface area contributed by atoms with Crippen LogP contribution >= 0.6 is 0 Å². The van der Waals surface area contributed by atoms with E-state index in [1.165, 1.54) is 6.20 Å². The number of pyridine rings is 1. The molecule has 15 heavy (non-hydrogen) atoms. The van der Waals surface area contributed by atoms with E-state index in [9.17, 15) is 4.79 Å². The molecule has 0 spiro atoms. The summed E-state index contributed by atoms with van der Waals surface area (Å²) in [5.41, 5.74) is 7.70. The van der Waals surface area contributed by atoms with Crippen LogP contribution in [0.1, 0.15) is 5.56 Å². The molecule has 0 unspecified atom stereocenters. The van der Waals surface area contributed by atoms with Crippen LogP contribution in [0, 0.1) is 0 Å². The van der Waals surface area contributed by atoms with Crippen LogP contribution < -0.4 is 5.73 Å². The van der Waals surface area contributed by atoms with Gasteiger partial charge >= 0.3 is 5.97 Å². The van der Waals surface area contributed by atoms with Crippen molar-refractivity contribution in [2.45, 2.75) is 6.42 Å². The number of nitrogens with zero attached hydrogens (tertiary/aromatic N) is 1. The molecule has 4 nitrogen and oxygen atoms in total. The maximum Gasteiger partial charge on any atom is 0.307 e. The number of nitrogen functional groups attached to an aromatic ring is 1. The summed E-state index contributed by atoms with van der Waals surface area (Å²) in [4.78, 5) is 14.7. The van der Waals surface area contributed by atoms with E-state index in [0.717, 1.165) is 10.9 Å². The number of rotatable bonds is 2. The van der Waals surface area contributed by atoms with Gasteiger partial charge < -0.3 is 10.8 Å². The second-order valence-electron chi connectivity index (χ2n) is 3.28. The number of anilines is 1. The van der Waals surface area contributed by atoms with Crippen molar-refractivity contribution in [1.82, 2.24) is 4.98 Å². The number of benzene rings is 1. The maximum absolute atomic E-state index is 10.6. The van der Waals surface area contributed by atoms with Crippen molar-refractivity contribution in [3.8, 4) is 0 Å². The predicted molar refractivity (Wildman–Crippen MR) is 57.5 cm³/mol. The molecule has 0 radical (unpaired) electrons. The Kier molecular flexibility index (Phi) is 2.25. The average Bonchev–Trinajstić information content (AvgIpc) is 2.22. The van der Waals surface area contributed by atoms with Gasteiger partial charge in [0.05, 0.1) is 11.9 Å². The van der Waals surface area contributed by atoms with Gasteiger partial charge in [0.1, 0.15) is 0 Å². The van der Waals surface area contributed by atoms with Gasteiger partial charge in [0.15, 0.2) is 0 Å². The van der Waals surface area contributed by atoms with Gasteiger partial charge in [-0.05, 0) is 6.07 Å². The van der Waals surface area contributed by atoms with Crippen molar-refractivity contribution >= 4 is 22.6 Å². The first-order valence-corrected chi connectivity index (χ1v) is 4.52. The summed E-state index contributed by atoms with van der Waals surface area (Å²) in [5, 5.41) is 9.48. The van der Waals surface area contributed by atoms with E-state index in [2.05, 4.69) is 4.98 Å². The lowest BCUT2D eigenvalue weighted by Crippen LogP contribution is -2.04. The maximum atomic E-state index is 10.6. The normalized spacial score (nSPS) is 10.4. The number of aliphatic carboxylic acids is 1. The number of fused-ring (bicyclic) bond motifs is 1. The molecular formula is C11H10N2O2. The second-order valence-corrected chi connectivity index (χ2v) is 3.28. The largest absolute Gasteiger partial charge is 0.481 e. The number of carboxylic acid groups (broad SMARTS) is 1. The lowest BCUT2D eigenvalue weighted by Gasteiger charge is -2.05. The molecule has 4 heteroatoms. The van der Waals surface area contributed by atoms with Crippen molar-refractivity contribution < 1.29 is 9.90 Å². The number of hydrogen-bond acceptors (Lipinski definition) is 3. The van der Waals surface area contributed by atoms with Gasteiger partial charge in [0.2, 0.25) is 0 Å². The highest BCUT2D eigenvalue weighted by atomic mass is 16.4. The van der Waals surface area contributed by atoms with Crippen LogP contribution in [0.5, 0.6) is 0 Å². The van der Waals surface area contributed by atoms with Crippen LogP contribution in [0.2, 0.25) is 0 Å². The molecule has 3 N–H and O–H groups in total. The summed E-state index contributed by atoms with van der Waals surface area (Å²) in [7, 11) is 0. The number of para-hydroxylation sites is 1. The fourth-order valence-electron chi connectivity index (χ4n) is 1.51. The molecule has 2 rings (SSSR count). The van der Waals surface area contributed by atoms with Gasteiger partial charge in [-0.3, -0.25) is 9.78 Å². The molecule has 0 saturated carbocycles. The zero-order valence-corrected chi connectivity index (χ0v) is 7.97. The molecule has 0 bridgehead atoms. The van der Waals surface area contributed by atoms with Gasteiger partial charge in [0, 0.05) is 22.8 Å². The van der Waals surface area contributed by atoms with Crippen LogP contribution in [-0.2, 0) is 11.2 Å². The number of carbonyl (C=O) groups is 1. The number of carboxylic acids is 1. The van der Waals surface area contributed by atoms with E-state index >= 15 is 0 Å². The minimum absolute atomic E-state index is 0.0936. The highest BCUT2D eigenvalue weighted by Crippen LogP contribution is 2.22. The van der Waals surface area contributed by atoms with E-state index in [4.69, 9.17) is 10.8 Å². The highest BCUT2D eigenvalue weighted by Gasteiger charge is 2.08. The first kappa shape index (κ1) is 9.45. The van der Waals surface area contributed by atoms with Crippen molar-refractivity contribution in [1.29, 1.82) is 0 Å². The molecule has 0 amide bonds. The Morgan fingerprint density at radius 2 is 2.13 bits per heavy atom. The summed E-state index contributed by atoms with van der Waals surface area (Å²) >= 11 is 0. The Labute approximate surface area is 86.4 Å². The van der Waals surface area contributed by atoms with Gasteiger partial charge in [-0.25, -0.2) is 0 Å². The quantitative estimate of drug-likeness (QED) is 0.772. The molecule has 0 aliphatic carbocycles. The minimum Gasteiger partial charge on any atom is -0.481 e. The Balaban J connectivity index is 2.59. The minimum atomic E-state index is -0.904. The molecule has 76 valence electrons. The SMILES string of the molecule is Nc1c(CC(=O)O)cnc2ccccc12. The van der Waals surface area contributed by atoms with Crippen molar-refractivity contribution in [3.05, 3.63) is 36.0 Å². The fourth-order valence-corrected chi connectivity index (χ4v) is 1.51. The zero-order chi connectivity index (χ0) is 10.8. The van der Waals surface area contributed by atoms with E-state index in [0.29, 0.717) is 11.3 Å². The van der Waals surface area contributed by atoms with Crippen LogP contribution in [0.3, 0.4) is 0 Å². The summed E-state index contributed by atoms with van der Waals surface area (Å²) in [6.07, 6.45) is 1.43. The molecule has 1 aromatic heterocycles. The average molecular weight is 202 g/mol. The molecule has 0 aliphatic heterocycles. The first-order valence-electron chi connectivity index (χ1n) is 4.52. The third-order valence-corrected chi connectivity index (χ3v) is 2.24. The molecule has 1 heterocycles. The van der Waals surface area contributed by atoms with Crippen LogP contribution in [0.25, 0.3) is 10.9 Å².